The number of nitrogens with zero attached hydrogens (tertiary/aromatic N) is 2. The van der Waals surface area contributed by atoms with E-state index in [1.807, 2.05) is 19.9 Å². The average molecular weight is 647 g/mol. The molecule has 9 nitrogen and oxygen atoms in total. The molecule has 4 aromatic rings. The van der Waals surface area contributed by atoms with E-state index in [4.69, 9.17) is 23.7 Å². The first kappa shape index (κ1) is 32.5. The van der Waals surface area contributed by atoms with Gasteiger partial charge in [-0.25, -0.2) is 14.2 Å². The van der Waals surface area contributed by atoms with Gasteiger partial charge in [0.15, 0.2) is 27.8 Å². The number of esters is 1. The molecule has 0 saturated heterocycles. The van der Waals surface area contributed by atoms with Crippen LogP contribution in [0.2, 0.25) is 0 Å². The number of thiazole rings is 1. The minimum absolute atomic E-state index is 0.0263. The molecule has 1 aliphatic heterocycles. The molecular weight excluding hydrogens is 611 g/mol. The zero-order chi connectivity index (χ0) is 33.0. The lowest BCUT2D eigenvalue weighted by atomic mass is 9.95. The Morgan fingerprint density at radius 3 is 2.43 bits per heavy atom. The number of aromatic nitrogens is 1. The number of halogens is 1. The summed E-state index contributed by atoms with van der Waals surface area (Å²) in [6, 6.07) is 16.2. The molecule has 240 valence electrons. The van der Waals surface area contributed by atoms with E-state index in [0.717, 1.165) is 0 Å². The maximum absolute atomic E-state index is 14.1. The summed E-state index contributed by atoms with van der Waals surface area (Å²) in [6.07, 6.45) is 1.65. The third-order valence-corrected chi connectivity index (χ3v) is 8.19. The molecule has 1 aliphatic rings. The maximum Gasteiger partial charge on any atom is 0.338 e. The lowest BCUT2D eigenvalue weighted by molar-refractivity contribution is -0.139. The molecule has 0 saturated carbocycles. The van der Waals surface area contributed by atoms with Crippen molar-refractivity contribution in [2.24, 2.45) is 4.99 Å². The Morgan fingerprint density at radius 2 is 1.74 bits per heavy atom. The number of hydrogen-bond donors (Lipinski definition) is 0. The van der Waals surface area contributed by atoms with Crippen molar-refractivity contribution < 1.29 is 32.9 Å². The van der Waals surface area contributed by atoms with E-state index in [-0.39, 0.29) is 36.3 Å². The van der Waals surface area contributed by atoms with Gasteiger partial charge in [0, 0.05) is 5.56 Å². The first-order chi connectivity index (χ1) is 22.1. The Bertz CT molecular complexity index is 1980. The summed E-state index contributed by atoms with van der Waals surface area (Å²) in [5.74, 6) is 0.953. The van der Waals surface area contributed by atoms with E-state index >= 15 is 0 Å². The van der Waals surface area contributed by atoms with Crippen LogP contribution in [0, 0.1) is 5.82 Å². The van der Waals surface area contributed by atoms with Gasteiger partial charge >= 0.3 is 5.97 Å². The normalized spacial score (nSPS) is 14.5. The van der Waals surface area contributed by atoms with Crippen molar-refractivity contribution >= 4 is 23.4 Å². The molecule has 1 aromatic heterocycles. The zero-order valence-electron chi connectivity index (χ0n) is 26.5. The van der Waals surface area contributed by atoms with Gasteiger partial charge in [-0.15, -0.1) is 0 Å². The Hall–Kier alpha value is -4.90. The molecule has 0 radical (unpaired) electrons. The van der Waals surface area contributed by atoms with Crippen molar-refractivity contribution in [3.8, 4) is 23.0 Å². The van der Waals surface area contributed by atoms with Gasteiger partial charge in [0.25, 0.3) is 5.56 Å². The van der Waals surface area contributed by atoms with Crippen molar-refractivity contribution in [2.75, 3.05) is 20.8 Å². The standard InChI is InChI=1S/C35H35FN2O7S/c1-7-43-34(40)31-21(4)37-35-38(32(31)23-13-15-27(45-20(2)3)29(18-23)42-6)33(39)30(46-35)17-22-12-14-26(28(16-22)41-5)44-19-24-10-8-9-11-25(24)36/h8-18,20,32H,7,19H2,1-6H3/b30-17-/t32-/m0/s1. The van der Waals surface area contributed by atoms with Crippen LogP contribution < -0.4 is 33.8 Å². The van der Waals surface area contributed by atoms with Gasteiger partial charge in [0.1, 0.15) is 12.4 Å². The monoisotopic (exact) mass is 646 g/mol. The van der Waals surface area contributed by atoms with E-state index in [1.165, 1.54) is 36.2 Å². The van der Waals surface area contributed by atoms with Crippen molar-refractivity contribution in [2.45, 2.75) is 46.4 Å². The van der Waals surface area contributed by atoms with Gasteiger partial charge in [-0.2, -0.15) is 0 Å². The van der Waals surface area contributed by atoms with Crippen LogP contribution in [-0.4, -0.2) is 37.5 Å². The molecule has 0 fully saturated rings. The number of rotatable bonds is 11. The quantitative estimate of drug-likeness (QED) is 0.204. The van der Waals surface area contributed by atoms with Crippen molar-refractivity contribution in [3.63, 3.8) is 0 Å². The fraction of sp³-hybridized carbons (Fsp3) is 0.286. The molecule has 0 bridgehead atoms. The zero-order valence-corrected chi connectivity index (χ0v) is 27.3. The molecule has 11 heteroatoms. The molecule has 0 N–H and O–H groups in total. The number of fused-ring (bicyclic) bond motifs is 1. The molecule has 1 atom stereocenters. The van der Waals surface area contributed by atoms with Crippen LogP contribution in [0.4, 0.5) is 4.39 Å². The molecule has 2 heterocycles. The Morgan fingerprint density at radius 1 is 1.02 bits per heavy atom. The molecule has 0 spiro atoms. The molecule has 0 aliphatic carbocycles. The summed E-state index contributed by atoms with van der Waals surface area (Å²) in [5.41, 5.74) is 2.12. The highest BCUT2D eigenvalue weighted by Crippen LogP contribution is 2.36. The first-order valence-corrected chi connectivity index (χ1v) is 15.5. The van der Waals surface area contributed by atoms with Crippen LogP contribution in [0.15, 0.2) is 81.7 Å². The van der Waals surface area contributed by atoms with Gasteiger partial charge in [-0.05, 0) is 75.2 Å². The number of hydrogen-bond acceptors (Lipinski definition) is 9. The second-order valence-corrected chi connectivity index (χ2v) is 11.7. The van der Waals surface area contributed by atoms with E-state index in [0.29, 0.717) is 54.7 Å². The third-order valence-electron chi connectivity index (χ3n) is 7.21. The van der Waals surface area contributed by atoms with Crippen molar-refractivity contribution in [3.05, 3.63) is 114 Å². The van der Waals surface area contributed by atoms with Crippen LogP contribution in [0.3, 0.4) is 0 Å². The number of ether oxygens (including phenoxy) is 5. The smallest absolute Gasteiger partial charge is 0.338 e. The summed E-state index contributed by atoms with van der Waals surface area (Å²) < 4.78 is 44.3. The van der Waals surface area contributed by atoms with E-state index in [1.54, 1.807) is 68.5 Å². The summed E-state index contributed by atoms with van der Waals surface area (Å²) in [7, 11) is 3.05. The summed E-state index contributed by atoms with van der Waals surface area (Å²) in [6.45, 7) is 7.48. The van der Waals surface area contributed by atoms with E-state index in [2.05, 4.69) is 4.99 Å². The number of methoxy groups -OCH3 is 2. The van der Waals surface area contributed by atoms with Crippen LogP contribution >= 0.6 is 11.3 Å². The van der Waals surface area contributed by atoms with Crippen molar-refractivity contribution in [1.29, 1.82) is 0 Å². The SMILES string of the molecule is CCOC(=O)C1=C(C)N=c2s/c(=C\c3ccc(OCc4ccccc4F)c(OC)c3)c(=O)n2[C@H]1c1ccc(OC(C)C)c(OC)c1. The summed E-state index contributed by atoms with van der Waals surface area (Å²) in [5, 5.41) is 0. The van der Waals surface area contributed by atoms with Crippen LogP contribution in [0.25, 0.3) is 6.08 Å². The minimum Gasteiger partial charge on any atom is -0.493 e. The first-order valence-electron chi connectivity index (χ1n) is 14.7. The highest BCUT2D eigenvalue weighted by Gasteiger charge is 2.34. The highest BCUT2D eigenvalue weighted by atomic mass is 32.1. The number of carbonyl (C=O) groups is 1. The van der Waals surface area contributed by atoms with E-state index in [9.17, 15) is 14.0 Å². The summed E-state index contributed by atoms with van der Waals surface area (Å²) >= 11 is 1.21. The van der Waals surface area contributed by atoms with Gasteiger partial charge < -0.3 is 23.7 Å². The molecule has 5 rings (SSSR count). The van der Waals surface area contributed by atoms with Crippen LogP contribution in [-0.2, 0) is 16.1 Å². The molecule has 0 unspecified atom stereocenters. The molecule has 0 amide bonds. The van der Waals surface area contributed by atoms with E-state index < -0.39 is 12.0 Å². The Labute approximate surface area is 269 Å². The topological polar surface area (TPSA) is 97.6 Å². The lowest BCUT2D eigenvalue weighted by Gasteiger charge is -2.25. The molecule has 3 aromatic carbocycles. The minimum atomic E-state index is -0.817. The molecule has 46 heavy (non-hydrogen) atoms. The second kappa shape index (κ2) is 14.0. The van der Waals surface area contributed by atoms with Gasteiger partial charge in [0.2, 0.25) is 0 Å². The van der Waals surface area contributed by atoms with Gasteiger partial charge in [-0.1, -0.05) is 41.7 Å². The molecular formula is C35H35FN2O7S. The summed E-state index contributed by atoms with van der Waals surface area (Å²) in [4.78, 5) is 32.4. The average Bonchev–Trinajstić information content (AvgIpc) is 3.33. The van der Waals surface area contributed by atoms with Crippen molar-refractivity contribution in [1.82, 2.24) is 4.57 Å². The van der Waals surface area contributed by atoms with Gasteiger partial charge in [-0.3, -0.25) is 9.36 Å². The van der Waals surface area contributed by atoms with Crippen LogP contribution in [0.5, 0.6) is 23.0 Å². The maximum atomic E-state index is 14.1. The number of allylic oxidation sites excluding steroid dienone is 1. The Balaban J connectivity index is 1.57. The van der Waals surface area contributed by atoms with Gasteiger partial charge in [0.05, 0.1) is 48.8 Å². The fourth-order valence-electron chi connectivity index (χ4n) is 5.13. The number of benzene rings is 3. The largest absolute Gasteiger partial charge is 0.493 e. The lowest BCUT2D eigenvalue weighted by Crippen LogP contribution is -2.40. The number of carbonyl (C=O) groups excluding carboxylic acids is 1. The van der Waals surface area contributed by atoms with Crippen LogP contribution in [0.1, 0.15) is 50.4 Å². The Kier molecular flexibility index (Phi) is 9.91. The second-order valence-electron chi connectivity index (χ2n) is 10.7. The fourth-order valence-corrected chi connectivity index (χ4v) is 6.17. The third kappa shape index (κ3) is 6.69. The highest BCUT2D eigenvalue weighted by molar-refractivity contribution is 7.07. The predicted octanol–water partition coefficient (Wildman–Crippen LogP) is 5.32. The predicted molar refractivity (Wildman–Crippen MR) is 173 cm³/mol.